The van der Waals surface area contributed by atoms with Gasteiger partial charge in [0.1, 0.15) is 5.76 Å². The number of nitrogens with one attached hydrogen (secondary N) is 1. The van der Waals surface area contributed by atoms with Crippen LogP contribution >= 0.6 is 0 Å². The van der Waals surface area contributed by atoms with Crippen molar-refractivity contribution < 1.29 is 23.5 Å². The van der Waals surface area contributed by atoms with Gasteiger partial charge in [-0.15, -0.1) is 0 Å². The molecule has 7 heteroatoms. The molecule has 0 aliphatic heterocycles. The second kappa shape index (κ2) is 8.84. The van der Waals surface area contributed by atoms with E-state index in [1.165, 1.54) is 18.2 Å². The fourth-order valence-corrected chi connectivity index (χ4v) is 2.16. The first-order chi connectivity index (χ1) is 12.4. The fraction of sp³-hybridized carbons (Fsp3) is 0.316. The summed E-state index contributed by atoms with van der Waals surface area (Å²) < 4.78 is 10.1. The third-order valence-corrected chi connectivity index (χ3v) is 3.70. The van der Waals surface area contributed by atoms with Crippen LogP contribution < -0.4 is 10.2 Å². The van der Waals surface area contributed by atoms with Gasteiger partial charge in [-0.2, -0.15) is 0 Å². The highest BCUT2D eigenvalue weighted by Gasteiger charge is 2.20. The maximum absolute atomic E-state index is 12.5. The molecule has 0 saturated heterocycles. The van der Waals surface area contributed by atoms with Crippen LogP contribution in [0.5, 0.6) is 0 Å². The third kappa shape index (κ3) is 4.95. The van der Waals surface area contributed by atoms with Crippen molar-refractivity contribution in [2.24, 2.45) is 5.92 Å². The minimum Gasteiger partial charge on any atom is -0.467 e. The number of ether oxygens (including phenoxy) is 1. The highest BCUT2D eigenvalue weighted by atomic mass is 16.5. The molecule has 1 heterocycles. The van der Waals surface area contributed by atoms with Gasteiger partial charge in [-0.25, -0.2) is 0 Å². The van der Waals surface area contributed by atoms with E-state index in [0.29, 0.717) is 17.0 Å². The first-order valence-corrected chi connectivity index (χ1v) is 8.23. The number of nitrogens with zero attached hydrogens (tertiary/aromatic N) is 1. The Kier molecular flexibility index (Phi) is 6.54. The molecule has 0 spiro atoms. The molecular formula is C19H22N2O5. The second-order valence-corrected chi connectivity index (χ2v) is 5.99. The molecular weight excluding hydrogens is 336 g/mol. The minimum absolute atomic E-state index is 0.240. The SMILES string of the molecule is CC(C)C(=O)OCC(=O)N(C)c1ccccc1C(=O)NCc1ccco1. The highest BCUT2D eigenvalue weighted by Crippen LogP contribution is 2.19. The van der Waals surface area contributed by atoms with Crippen LogP contribution in [0.3, 0.4) is 0 Å². The number of furan rings is 1. The lowest BCUT2D eigenvalue weighted by atomic mass is 10.1. The van der Waals surface area contributed by atoms with E-state index in [0.717, 1.165) is 0 Å². The van der Waals surface area contributed by atoms with Crippen LogP contribution in [0.25, 0.3) is 0 Å². The Hall–Kier alpha value is -3.09. The van der Waals surface area contributed by atoms with Gasteiger partial charge in [0.2, 0.25) is 0 Å². The van der Waals surface area contributed by atoms with Crippen molar-refractivity contribution in [1.29, 1.82) is 0 Å². The smallest absolute Gasteiger partial charge is 0.308 e. The monoisotopic (exact) mass is 358 g/mol. The van der Waals surface area contributed by atoms with Gasteiger partial charge in [0.05, 0.1) is 30.0 Å². The quantitative estimate of drug-likeness (QED) is 0.768. The lowest BCUT2D eigenvalue weighted by Gasteiger charge is -2.20. The molecule has 1 aromatic carbocycles. The molecule has 0 fully saturated rings. The van der Waals surface area contributed by atoms with Crippen LogP contribution in [0, 0.1) is 5.92 Å². The maximum atomic E-state index is 12.5. The van der Waals surface area contributed by atoms with Gasteiger partial charge in [0.15, 0.2) is 6.61 Å². The van der Waals surface area contributed by atoms with Gasteiger partial charge >= 0.3 is 5.97 Å². The Morgan fingerprint density at radius 1 is 1.15 bits per heavy atom. The average molecular weight is 358 g/mol. The van der Waals surface area contributed by atoms with Gasteiger partial charge < -0.3 is 19.4 Å². The van der Waals surface area contributed by atoms with E-state index >= 15 is 0 Å². The number of amides is 2. The number of benzene rings is 1. The number of rotatable bonds is 7. The van der Waals surface area contributed by atoms with Crippen molar-refractivity contribution >= 4 is 23.5 Å². The zero-order valence-electron chi connectivity index (χ0n) is 15.0. The molecule has 0 radical (unpaired) electrons. The van der Waals surface area contributed by atoms with Gasteiger partial charge in [-0.3, -0.25) is 14.4 Å². The second-order valence-electron chi connectivity index (χ2n) is 5.99. The molecule has 0 aliphatic carbocycles. The highest BCUT2D eigenvalue weighted by molar-refractivity contribution is 6.05. The third-order valence-electron chi connectivity index (χ3n) is 3.70. The fourth-order valence-electron chi connectivity index (χ4n) is 2.16. The van der Waals surface area contributed by atoms with Crippen LogP contribution in [-0.4, -0.2) is 31.4 Å². The average Bonchev–Trinajstić information content (AvgIpc) is 3.16. The van der Waals surface area contributed by atoms with E-state index in [1.54, 1.807) is 50.2 Å². The van der Waals surface area contributed by atoms with Crippen molar-refractivity contribution in [3.63, 3.8) is 0 Å². The number of anilines is 1. The predicted molar refractivity (Wildman–Crippen MR) is 95.5 cm³/mol. The molecule has 26 heavy (non-hydrogen) atoms. The molecule has 0 saturated carbocycles. The number of likely N-dealkylation sites (N-methyl/N-ethyl adjacent to an activating group) is 1. The Labute approximate surface area is 151 Å². The van der Waals surface area contributed by atoms with Crippen LogP contribution in [0.1, 0.15) is 30.0 Å². The summed E-state index contributed by atoms with van der Waals surface area (Å²) in [6, 6.07) is 10.2. The lowest BCUT2D eigenvalue weighted by molar-refractivity contribution is -0.150. The van der Waals surface area contributed by atoms with E-state index in [-0.39, 0.29) is 25.0 Å². The Morgan fingerprint density at radius 3 is 2.54 bits per heavy atom. The minimum atomic E-state index is -0.448. The molecule has 0 unspecified atom stereocenters. The zero-order chi connectivity index (χ0) is 19.1. The standard InChI is InChI=1S/C19H22N2O5/c1-13(2)19(24)26-12-17(22)21(3)16-9-5-4-8-15(16)18(23)20-11-14-7-6-10-25-14/h4-10,13H,11-12H2,1-3H3,(H,20,23). The largest absolute Gasteiger partial charge is 0.467 e. The number of para-hydroxylation sites is 1. The molecule has 2 aromatic rings. The number of carbonyl (C=O) groups excluding carboxylic acids is 3. The Balaban J connectivity index is 2.05. The molecule has 2 amide bonds. The lowest BCUT2D eigenvalue weighted by Crippen LogP contribution is -2.34. The summed E-state index contributed by atoms with van der Waals surface area (Å²) in [7, 11) is 1.53. The van der Waals surface area contributed by atoms with Crippen LogP contribution in [0.15, 0.2) is 47.1 Å². The first-order valence-electron chi connectivity index (χ1n) is 8.23. The summed E-state index contributed by atoms with van der Waals surface area (Å²) >= 11 is 0. The molecule has 1 aromatic heterocycles. The van der Waals surface area contributed by atoms with E-state index < -0.39 is 11.9 Å². The number of carbonyl (C=O) groups is 3. The molecule has 0 aliphatic rings. The summed E-state index contributed by atoms with van der Waals surface area (Å²) in [6.45, 7) is 3.24. The van der Waals surface area contributed by atoms with E-state index in [2.05, 4.69) is 5.32 Å². The Bertz CT molecular complexity index is 768. The molecule has 7 nitrogen and oxygen atoms in total. The van der Waals surface area contributed by atoms with Crippen LogP contribution in [-0.2, 0) is 20.9 Å². The van der Waals surface area contributed by atoms with E-state index in [4.69, 9.17) is 9.15 Å². The predicted octanol–water partition coefficient (Wildman–Crippen LogP) is 2.37. The van der Waals surface area contributed by atoms with Gasteiger partial charge in [0, 0.05) is 7.05 Å². The number of hydrogen-bond acceptors (Lipinski definition) is 5. The van der Waals surface area contributed by atoms with Crippen molar-refractivity contribution in [2.45, 2.75) is 20.4 Å². The molecule has 1 N–H and O–H groups in total. The van der Waals surface area contributed by atoms with Gasteiger partial charge in [0.25, 0.3) is 11.8 Å². The Morgan fingerprint density at radius 2 is 1.88 bits per heavy atom. The molecule has 0 bridgehead atoms. The van der Waals surface area contributed by atoms with Crippen molar-refractivity contribution in [3.8, 4) is 0 Å². The summed E-state index contributed by atoms with van der Waals surface area (Å²) in [5.74, 6) is -0.897. The van der Waals surface area contributed by atoms with Gasteiger partial charge in [-0.1, -0.05) is 26.0 Å². The number of esters is 1. The molecule has 138 valence electrons. The zero-order valence-corrected chi connectivity index (χ0v) is 15.0. The van der Waals surface area contributed by atoms with Gasteiger partial charge in [-0.05, 0) is 24.3 Å². The summed E-state index contributed by atoms with van der Waals surface area (Å²) in [4.78, 5) is 37.6. The van der Waals surface area contributed by atoms with Crippen molar-refractivity contribution in [3.05, 3.63) is 54.0 Å². The molecule has 0 atom stereocenters. The molecule has 2 rings (SSSR count). The maximum Gasteiger partial charge on any atom is 0.308 e. The van der Waals surface area contributed by atoms with E-state index in [1.807, 2.05) is 0 Å². The van der Waals surface area contributed by atoms with Crippen molar-refractivity contribution in [1.82, 2.24) is 5.32 Å². The topological polar surface area (TPSA) is 88.9 Å². The first kappa shape index (κ1) is 19.2. The van der Waals surface area contributed by atoms with E-state index in [9.17, 15) is 14.4 Å². The summed E-state index contributed by atoms with van der Waals surface area (Å²) in [6.07, 6.45) is 1.53. The van der Waals surface area contributed by atoms with Crippen molar-refractivity contribution in [2.75, 3.05) is 18.6 Å². The van der Waals surface area contributed by atoms with Crippen LogP contribution in [0.4, 0.5) is 5.69 Å². The summed E-state index contributed by atoms with van der Waals surface area (Å²) in [5.41, 5.74) is 0.764. The number of hydrogen-bond donors (Lipinski definition) is 1. The normalized spacial score (nSPS) is 10.5. The van der Waals surface area contributed by atoms with Crippen LogP contribution in [0.2, 0.25) is 0 Å². The summed E-state index contributed by atoms with van der Waals surface area (Å²) in [5, 5.41) is 2.74.